The van der Waals surface area contributed by atoms with Crippen molar-refractivity contribution in [3.63, 3.8) is 0 Å². The van der Waals surface area contributed by atoms with Crippen molar-refractivity contribution in [2.45, 2.75) is 38.7 Å². The summed E-state index contributed by atoms with van der Waals surface area (Å²) in [6, 6.07) is 19.0. The van der Waals surface area contributed by atoms with Gasteiger partial charge in [0.15, 0.2) is 0 Å². The van der Waals surface area contributed by atoms with Gasteiger partial charge in [0.2, 0.25) is 0 Å². The Morgan fingerprint density at radius 1 is 0.828 bits per heavy atom. The number of para-hydroxylation sites is 1. The molecule has 0 fully saturated rings. The van der Waals surface area contributed by atoms with Gasteiger partial charge in [0.1, 0.15) is 17.0 Å². The van der Waals surface area contributed by atoms with Gasteiger partial charge in [0.25, 0.3) is 0 Å². The summed E-state index contributed by atoms with van der Waals surface area (Å²) in [6.45, 7) is 8.87. The minimum Gasteiger partial charge on any atom is -0.481 e. The molecule has 0 spiro atoms. The number of fused-ring (bicyclic) bond motifs is 8. The van der Waals surface area contributed by atoms with E-state index in [0.717, 1.165) is 28.0 Å². The molecule has 1 aliphatic heterocycles. The van der Waals surface area contributed by atoms with Gasteiger partial charge in [-0.2, -0.15) is 0 Å². The first-order valence-electron chi connectivity index (χ1n) is 10.1. The molecule has 2 aliphatic rings. The fourth-order valence-electron chi connectivity index (χ4n) is 5.14. The van der Waals surface area contributed by atoms with E-state index in [0.29, 0.717) is 0 Å². The Kier molecular flexibility index (Phi) is 3.02. The standard InChI is InChI=1S/C26H22N2O/c1-25(2)18-9-7-13-27-23(18)16-11-12-17-21(22(16)25)24-20(29-26(17,3)4)14-15-8-5-6-10-19(15)28-24/h5-14H,1-4H3. The number of hydrogen-bond donors (Lipinski definition) is 0. The van der Waals surface area contributed by atoms with Crippen LogP contribution in [0, 0.1) is 0 Å². The lowest BCUT2D eigenvalue weighted by Gasteiger charge is -2.37. The molecule has 142 valence electrons. The molecule has 3 nitrogen and oxygen atoms in total. The molecular formula is C26H22N2O. The zero-order valence-corrected chi connectivity index (χ0v) is 17.1. The number of rotatable bonds is 0. The van der Waals surface area contributed by atoms with E-state index in [1.807, 2.05) is 24.4 Å². The first-order valence-corrected chi connectivity index (χ1v) is 10.1. The maximum Gasteiger partial charge on any atom is 0.147 e. The number of pyridine rings is 2. The number of benzene rings is 2. The highest BCUT2D eigenvalue weighted by Crippen LogP contribution is 2.56. The molecular weight excluding hydrogens is 356 g/mol. The van der Waals surface area contributed by atoms with Crippen LogP contribution in [0.4, 0.5) is 0 Å². The SMILES string of the molecule is CC1(C)Oc2cc3ccccc3nc2-c2c1ccc1c2C(C)(C)c2cccnc2-1. The van der Waals surface area contributed by atoms with Crippen LogP contribution in [0.3, 0.4) is 0 Å². The van der Waals surface area contributed by atoms with Gasteiger partial charge in [-0.25, -0.2) is 4.98 Å². The molecule has 4 aromatic rings. The molecule has 3 heteroatoms. The van der Waals surface area contributed by atoms with Gasteiger partial charge in [0.05, 0.1) is 11.2 Å². The third-order valence-corrected chi connectivity index (χ3v) is 6.51. The van der Waals surface area contributed by atoms with Gasteiger partial charge in [0, 0.05) is 33.7 Å². The summed E-state index contributed by atoms with van der Waals surface area (Å²) < 4.78 is 6.48. The lowest BCUT2D eigenvalue weighted by molar-refractivity contribution is 0.105. The predicted octanol–water partition coefficient (Wildman–Crippen LogP) is 6.23. The summed E-state index contributed by atoms with van der Waals surface area (Å²) in [6.07, 6.45) is 1.89. The van der Waals surface area contributed by atoms with Crippen LogP contribution in [-0.4, -0.2) is 9.97 Å². The second-order valence-electron chi connectivity index (χ2n) is 9.08. The van der Waals surface area contributed by atoms with Crippen molar-refractivity contribution in [3.8, 4) is 28.3 Å². The fraction of sp³-hybridized carbons (Fsp3) is 0.231. The van der Waals surface area contributed by atoms with E-state index in [1.54, 1.807) is 0 Å². The van der Waals surface area contributed by atoms with Crippen molar-refractivity contribution in [1.82, 2.24) is 9.97 Å². The number of ether oxygens (including phenoxy) is 1. The summed E-state index contributed by atoms with van der Waals surface area (Å²) in [5.41, 5.74) is 8.63. The molecule has 0 saturated heterocycles. The zero-order chi connectivity index (χ0) is 20.0. The minimum atomic E-state index is -0.431. The van der Waals surface area contributed by atoms with Crippen molar-refractivity contribution in [1.29, 1.82) is 0 Å². The molecule has 0 radical (unpaired) electrons. The second-order valence-corrected chi connectivity index (χ2v) is 9.08. The van der Waals surface area contributed by atoms with Gasteiger partial charge in [-0.15, -0.1) is 0 Å². The molecule has 3 heterocycles. The van der Waals surface area contributed by atoms with E-state index in [1.165, 1.54) is 27.8 Å². The van der Waals surface area contributed by atoms with Gasteiger partial charge < -0.3 is 4.74 Å². The summed E-state index contributed by atoms with van der Waals surface area (Å²) >= 11 is 0. The van der Waals surface area contributed by atoms with Gasteiger partial charge in [-0.05, 0) is 43.2 Å². The average Bonchev–Trinajstić information content (AvgIpc) is 2.94. The first-order chi connectivity index (χ1) is 13.9. The third-order valence-electron chi connectivity index (χ3n) is 6.51. The first kappa shape index (κ1) is 16.7. The van der Waals surface area contributed by atoms with Crippen LogP contribution in [0.25, 0.3) is 33.4 Å². The molecule has 0 amide bonds. The molecule has 29 heavy (non-hydrogen) atoms. The van der Waals surface area contributed by atoms with Gasteiger partial charge >= 0.3 is 0 Å². The van der Waals surface area contributed by atoms with Crippen molar-refractivity contribution >= 4 is 10.9 Å². The fourth-order valence-corrected chi connectivity index (χ4v) is 5.14. The maximum absolute atomic E-state index is 6.48. The van der Waals surface area contributed by atoms with Crippen molar-refractivity contribution in [2.24, 2.45) is 0 Å². The van der Waals surface area contributed by atoms with Crippen LogP contribution < -0.4 is 4.74 Å². The van der Waals surface area contributed by atoms with E-state index in [2.05, 4.69) is 64.1 Å². The van der Waals surface area contributed by atoms with E-state index in [4.69, 9.17) is 14.7 Å². The van der Waals surface area contributed by atoms with Crippen molar-refractivity contribution < 1.29 is 4.74 Å². The smallest absolute Gasteiger partial charge is 0.147 e. The van der Waals surface area contributed by atoms with Crippen LogP contribution >= 0.6 is 0 Å². The van der Waals surface area contributed by atoms with E-state index in [-0.39, 0.29) is 5.41 Å². The largest absolute Gasteiger partial charge is 0.481 e. The average molecular weight is 378 g/mol. The highest BCUT2D eigenvalue weighted by Gasteiger charge is 2.44. The highest BCUT2D eigenvalue weighted by molar-refractivity contribution is 5.93. The number of aromatic nitrogens is 2. The zero-order valence-electron chi connectivity index (χ0n) is 17.1. The van der Waals surface area contributed by atoms with Crippen LogP contribution in [0.2, 0.25) is 0 Å². The molecule has 6 rings (SSSR count). The van der Waals surface area contributed by atoms with Crippen LogP contribution in [0.1, 0.15) is 44.4 Å². The molecule has 0 atom stereocenters. The minimum absolute atomic E-state index is 0.151. The normalized spacial score (nSPS) is 17.1. The summed E-state index contributed by atoms with van der Waals surface area (Å²) in [7, 11) is 0. The lowest BCUT2D eigenvalue weighted by atomic mass is 9.75. The summed E-state index contributed by atoms with van der Waals surface area (Å²) in [5.74, 6) is 0.856. The van der Waals surface area contributed by atoms with Gasteiger partial charge in [-0.1, -0.05) is 50.2 Å². The molecule has 0 unspecified atom stereocenters. The predicted molar refractivity (Wildman–Crippen MR) is 116 cm³/mol. The lowest BCUT2D eigenvalue weighted by Crippen LogP contribution is -2.31. The Labute approximate surface area is 170 Å². The molecule has 2 aromatic heterocycles. The number of nitrogens with zero attached hydrogens (tertiary/aromatic N) is 2. The van der Waals surface area contributed by atoms with Crippen LogP contribution in [-0.2, 0) is 11.0 Å². The number of hydrogen-bond acceptors (Lipinski definition) is 3. The Morgan fingerprint density at radius 2 is 1.66 bits per heavy atom. The topological polar surface area (TPSA) is 35.0 Å². The quantitative estimate of drug-likeness (QED) is 0.364. The van der Waals surface area contributed by atoms with E-state index >= 15 is 0 Å². The second kappa shape index (κ2) is 5.24. The van der Waals surface area contributed by atoms with Crippen molar-refractivity contribution in [3.05, 3.63) is 77.5 Å². The van der Waals surface area contributed by atoms with Crippen LogP contribution in [0.5, 0.6) is 5.75 Å². The molecule has 0 saturated carbocycles. The third kappa shape index (κ3) is 2.08. The summed E-state index contributed by atoms with van der Waals surface area (Å²) in [4.78, 5) is 9.82. The molecule has 2 aromatic carbocycles. The Hall–Kier alpha value is -3.20. The van der Waals surface area contributed by atoms with E-state index in [9.17, 15) is 0 Å². The van der Waals surface area contributed by atoms with Crippen molar-refractivity contribution in [2.75, 3.05) is 0 Å². The highest BCUT2D eigenvalue weighted by atomic mass is 16.5. The van der Waals surface area contributed by atoms with E-state index < -0.39 is 5.60 Å². The summed E-state index contributed by atoms with van der Waals surface area (Å²) in [5, 5.41) is 1.10. The molecule has 0 N–H and O–H groups in total. The Bertz CT molecular complexity index is 1330. The molecule has 1 aliphatic carbocycles. The van der Waals surface area contributed by atoms with Gasteiger partial charge in [-0.3, -0.25) is 4.98 Å². The Balaban J connectivity index is 1.76. The monoisotopic (exact) mass is 378 g/mol. The maximum atomic E-state index is 6.48. The Morgan fingerprint density at radius 3 is 2.52 bits per heavy atom. The van der Waals surface area contributed by atoms with Crippen LogP contribution in [0.15, 0.2) is 60.8 Å². The molecule has 0 bridgehead atoms.